The highest BCUT2D eigenvalue weighted by atomic mass is 35.5. The van der Waals surface area contributed by atoms with Crippen LogP contribution in [0.25, 0.3) is 0 Å². The molecule has 8 heteroatoms. The Hall–Kier alpha value is -2.12. The Labute approximate surface area is 132 Å². The van der Waals surface area contributed by atoms with Crippen molar-refractivity contribution in [2.75, 3.05) is 5.06 Å². The maximum atomic E-state index is 13.1. The quantitative estimate of drug-likeness (QED) is 0.631. The Balaban J connectivity index is 2.39. The van der Waals surface area contributed by atoms with Crippen molar-refractivity contribution in [2.45, 2.75) is 11.8 Å². The number of hydrogen-bond donors (Lipinski definition) is 0. The first kappa shape index (κ1) is 16.3. The predicted octanol–water partition coefficient (Wildman–Crippen LogP) is 3.35. The van der Waals surface area contributed by atoms with Crippen molar-refractivity contribution in [2.24, 2.45) is 0 Å². The second-order valence-electron chi connectivity index (χ2n) is 4.30. The molecule has 0 N–H and O–H groups in total. The highest BCUT2D eigenvalue weighted by Crippen LogP contribution is 2.24. The molecule has 0 radical (unpaired) electrons. The standard InChI is InChI=1S/C14H11ClFNO4S/c1-10(18)17(21-13-6-2-4-11(15)8-13)12-5-3-7-14(9-12)22(16,19)20/h2-9H,1H3. The average molecular weight is 344 g/mol. The number of rotatable bonds is 4. The Kier molecular flexibility index (Phi) is 4.68. The van der Waals surface area contributed by atoms with Gasteiger partial charge in [0.1, 0.15) is 4.90 Å². The van der Waals surface area contributed by atoms with Gasteiger partial charge in [-0.2, -0.15) is 8.42 Å². The number of anilines is 1. The predicted molar refractivity (Wildman–Crippen MR) is 80.0 cm³/mol. The largest absolute Gasteiger partial charge is 0.372 e. The monoisotopic (exact) mass is 343 g/mol. The summed E-state index contributed by atoms with van der Waals surface area (Å²) in [4.78, 5) is 16.5. The minimum Gasteiger partial charge on any atom is -0.372 e. The van der Waals surface area contributed by atoms with Gasteiger partial charge in [0.15, 0.2) is 5.75 Å². The van der Waals surface area contributed by atoms with Crippen LogP contribution >= 0.6 is 11.6 Å². The van der Waals surface area contributed by atoms with Gasteiger partial charge in [-0.15, -0.1) is 8.95 Å². The summed E-state index contributed by atoms with van der Waals surface area (Å²) < 4.78 is 35.0. The number of carbonyl (C=O) groups is 1. The Bertz CT molecular complexity index is 810. The van der Waals surface area contributed by atoms with E-state index < -0.39 is 21.0 Å². The summed E-state index contributed by atoms with van der Waals surface area (Å²) in [6, 6.07) is 11.1. The molecule has 2 aromatic rings. The summed E-state index contributed by atoms with van der Waals surface area (Å²) >= 11 is 5.83. The Morgan fingerprint density at radius 3 is 2.45 bits per heavy atom. The molecule has 0 unspecified atom stereocenters. The van der Waals surface area contributed by atoms with Crippen LogP contribution in [0.4, 0.5) is 9.57 Å². The van der Waals surface area contributed by atoms with Gasteiger partial charge in [-0.3, -0.25) is 4.79 Å². The van der Waals surface area contributed by atoms with Gasteiger partial charge in [0, 0.05) is 18.0 Å². The van der Waals surface area contributed by atoms with E-state index in [0.29, 0.717) is 5.02 Å². The molecule has 1 amide bonds. The summed E-state index contributed by atoms with van der Waals surface area (Å²) in [5.41, 5.74) is 0.0752. The molecule has 0 aliphatic heterocycles. The molecule has 5 nitrogen and oxygen atoms in total. The highest BCUT2D eigenvalue weighted by molar-refractivity contribution is 7.86. The summed E-state index contributed by atoms with van der Waals surface area (Å²) in [5.74, 6) is -0.246. The van der Waals surface area contributed by atoms with Crippen molar-refractivity contribution in [1.29, 1.82) is 0 Å². The van der Waals surface area contributed by atoms with Crippen molar-refractivity contribution in [3.05, 3.63) is 53.6 Å². The number of carbonyl (C=O) groups excluding carboxylic acids is 1. The van der Waals surface area contributed by atoms with Crippen LogP contribution in [-0.4, -0.2) is 14.3 Å². The van der Waals surface area contributed by atoms with Crippen LogP contribution in [0.5, 0.6) is 5.75 Å². The zero-order valence-corrected chi connectivity index (χ0v) is 12.9. The lowest BCUT2D eigenvalue weighted by atomic mass is 10.3. The van der Waals surface area contributed by atoms with Crippen LogP contribution in [0.3, 0.4) is 0 Å². The third-order valence-electron chi connectivity index (χ3n) is 2.61. The van der Waals surface area contributed by atoms with E-state index in [-0.39, 0.29) is 11.4 Å². The van der Waals surface area contributed by atoms with E-state index in [0.717, 1.165) is 17.2 Å². The maximum Gasteiger partial charge on any atom is 0.332 e. The first-order valence-electron chi connectivity index (χ1n) is 6.06. The normalized spacial score (nSPS) is 11.0. The molecule has 0 fully saturated rings. The van der Waals surface area contributed by atoms with E-state index in [1.807, 2.05) is 0 Å². The lowest BCUT2D eigenvalue weighted by Gasteiger charge is -2.21. The van der Waals surface area contributed by atoms with Gasteiger partial charge >= 0.3 is 10.2 Å². The molecule has 0 spiro atoms. The fraction of sp³-hybridized carbons (Fsp3) is 0.0714. The fourth-order valence-electron chi connectivity index (χ4n) is 1.69. The van der Waals surface area contributed by atoms with E-state index in [9.17, 15) is 17.1 Å². The van der Waals surface area contributed by atoms with Gasteiger partial charge in [0.2, 0.25) is 0 Å². The summed E-state index contributed by atoms with van der Waals surface area (Å²) in [5, 5.41) is 1.25. The Morgan fingerprint density at radius 2 is 1.86 bits per heavy atom. The third kappa shape index (κ3) is 3.96. The van der Waals surface area contributed by atoms with Gasteiger partial charge in [-0.25, -0.2) is 0 Å². The molecule has 0 aromatic heterocycles. The van der Waals surface area contributed by atoms with E-state index in [2.05, 4.69) is 0 Å². The molecule has 0 aliphatic carbocycles. The van der Waals surface area contributed by atoms with E-state index >= 15 is 0 Å². The van der Waals surface area contributed by atoms with Gasteiger partial charge in [-0.05, 0) is 30.3 Å². The molecule has 0 saturated heterocycles. The number of hydrogen-bond acceptors (Lipinski definition) is 4. The van der Waals surface area contributed by atoms with Crippen molar-refractivity contribution in [3.63, 3.8) is 0 Å². The minimum absolute atomic E-state index is 0.0752. The van der Waals surface area contributed by atoms with Crippen molar-refractivity contribution >= 4 is 33.4 Å². The first-order chi connectivity index (χ1) is 10.3. The van der Waals surface area contributed by atoms with Gasteiger partial charge in [0.05, 0.1) is 5.69 Å². The lowest BCUT2D eigenvalue weighted by molar-refractivity contribution is -0.120. The van der Waals surface area contributed by atoms with Crippen LogP contribution in [0, 0.1) is 0 Å². The minimum atomic E-state index is -4.88. The number of benzene rings is 2. The number of nitrogens with zero attached hydrogens (tertiary/aromatic N) is 1. The molecule has 22 heavy (non-hydrogen) atoms. The van der Waals surface area contributed by atoms with Crippen LogP contribution in [0.15, 0.2) is 53.4 Å². The second kappa shape index (κ2) is 6.33. The SMILES string of the molecule is CC(=O)N(Oc1cccc(Cl)c1)c1cccc(S(=O)(=O)F)c1. The van der Waals surface area contributed by atoms with Crippen LogP contribution in [0.2, 0.25) is 5.02 Å². The average Bonchev–Trinajstić information content (AvgIpc) is 2.44. The molecule has 0 atom stereocenters. The molecule has 0 heterocycles. The van der Waals surface area contributed by atoms with E-state index in [1.54, 1.807) is 18.2 Å². The van der Waals surface area contributed by atoms with Gasteiger partial charge in [0.25, 0.3) is 5.91 Å². The summed E-state index contributed by atoms with van der Waals surface area (Å²) in [6.45, 7) is 1.22. The van der Waals surface area contributed by atoms with Crippen LogP contribution in [-0.2, 0) is 15.0 Å². The Morgan fingerprint density at radius 1 is 1.18 bits per heavy atom. The molecule has 0 aliphatic rings. The molecule has 0 saturated carbocycles. The van der Waals surface area contributed by atoms with E-state index in [4.69, 9.17) is 16.4 Å². The van der Waals surface area contributed by atoms with Crippen molar-refractivity contribution < 1.29 is 21.9 Å². The van der Waals surface area contributed by atoms with Crippen molar-refractivity contribution in [1.82, 2.24) is 0 Å². The molecule has 116 valence electrons. The number of halogens is 2. The number of hydroxylamine groups is 1. The zero-order chi connectivity index (χ0) is 16.3. The van der Waals surface area contributed by atoms with E-state index in [1.165, 1.54) is 25.1 Å². The summed E-state index contributed by atoms with van der Waals surface area (Å²) in [7, 11) is -4.88. The van der Waals surface area contributed by atoms with Crippen LogP contribution in [0.1, 0.15) is 6.92 Å². The van der Waals surface area contributed by atoms with Crippen LogP contribution < -0.4 is 9.90 Å². The highest BCUT2D eigenvalue weighted by Gasteiger charge is 2.18. The smallest absolute Gasteiger partial charge is 0.332 e. The topological polar surface area (TPSA) is 63.7 Å². The first-order valence-corrected chi connectivity index (χ1v) is 7.82. The number of amides is 1. The molecular weight excluding hydrogens is 333 g/mol. The molecule has 0 bridgehead atoms. The molecular formula is C14H11ClFNO4S. The fourth-order valence-corrected chi connectivity index (χ4v) is 2.37. The zero-order valence-electron chi connectivity index (χ0n) is 11.4. The molecule has 2 rings (SSSR count). The summed E-state index contributed by atoms with van der Waals surface area (Å²) in [6.07, 6.45) is 0. The third-order valence-corrected chi connectivity index (χ3v) is 3.66. The second-order valence-corrected chi connectivity index (χ2v) is 6.08. The van der Waals surface area contributed by atoms with Gasteiger partial charge in [-0.1, -0.05) is 23.7 Å². The van der Waals surface area contributed by atoms with Gasteiger partial charge < -0.3 is 4.84 Å². The maximum absolute atomic E-state index is 13.1. The molecule has 2 aromatic carbocycles. The van der Waals surface area contributed by atoms with Crippen molar-refractivity contribution in [3.8, 4) is 5.75 Å². The lowest BCUT2D eigenvalue weighted by Crippen LogP contribution is -2.32.